The highest BCUT2D eigenvalue weighted by Crippen LogP contribution is 2.50. The highest BCUT2D eigenvalue weighted by Gasteiger charge is 2.29. The summed E-state index contributed by atoms with van der Waals surface area (Å²) in [7, 11) is 9.34. The van der Waals surface area contributed by atoms with Crippen molar-refractivity contribution in [3.63, 3.8) is 0 Å². The Morgan fingerprint density at radius 3 is 1.98 bits per heavy atom. The van der Waals surface area contributed by atoms with Gasteiger partial charge in [0.15, 0.2) is 23.0 Å². The molecule has 3 aromatic rings. The van der Waals surface area contributed by atoms with Gasteiger partial charge in [-0.05, 0) is 65.4 Å². The minimum absolute atomic E-state index is 0.186. The van der Waals surface area contributed by atoms with Crippen molar-refractivity contribution in [1.29, 1.82) is 0 Å². The SMILES string of the molecule is COc1cc(CNc2ccc3c(cc2=O)[C@@H](NC(C)=O)CCc2cc(OC)c(OC)c(OC)c2-3)cc(OC)c1OC. The van der Waals surface area contributed by atoms with Crippen LogP contribution in [0.1, 0.15) is 36.1 Å². The summed E-state index contributed by atoms with van der Waals surface area (Å²) in [4.78, 5) is 25.7. The van der Waals surface area contributed by atoms with Crippen LogP contribution in [0, 0.1) is 0 Å². The Hall–Kier alpha value is -4.60. The molecule has 1 aliphatic carbocycles. The number of nitrogens with one attached hydrogen (secondary N) is 2. The van der Waals surface area contributed by atoms with Gasteiger partial charge >= 0.3 is 0 Å². The van der Waals surface area contributed by atoms with Gasteiger partial charge in [-0.3, -0.25) is 9.59 Å². The van der Waals surface area contributed by atoms with Crippen molar-refractivity contribution < 1.29 is 33.2 Å². The topological polar surface area (TPSA) is 114 Å². The van der Waals surface area contributed by atoms with Crippen LogP contribution < -0.4 is 44.5 Å². The first-order valence-electron chi connectivity index (χ1n) is 13.1. The minimum Gasteiger partial charge on any atom is -0.493 e. The third-order valence-electron chi connectivity index (χ3n) is 7.12. The Morgan fingerprint density at radius 2 is 1.41 bits per heavy atom. The Balaban J connectivity index is 1.85. The first kappa shape index (κ1) is 29.4. The predicted octanol–water partition coefficient (Wildman–Crippen LogP) is 4.50. The second kappa shape index (κ2) is 12.7. The molecule has 3 aromatic carbocycles. The summed E-state index contributed by atoms with van der Waals surface area (Å²) in [5.74, 6) is 2.82. The van der Waals surface area contributed by atoms with Crippen molar-refractivity contribution in [2.45, 2.75) is 32.4 Å². The number of hydrogen-bond donors (Lipinski definition) is 2. The minimum atomic E-state index is -0.389. The van der Waals surface area contributed by atoms with E-state index in [9.17, 15) is 9.59 Å². The molecule has 0 bridgehead atoms. The number of ether oxygens (including phenoxy) is 6. The molecule has 0 saturated heterocycles. The number of methoxy groups -OCH3 is 6. The van der Waals surface area contributed by atoms with Crippen LogP contribution in [-0.2, 0) is 17.8 Å². The third-order valence-corrected chi connectivity index (χ3v) is 7.12. The van der Waals surface area contributed by atoms with E-state index >= 15 is 0 Å². The Bertz CT molecular complexity index is 1480. The van der Waals surface area contributed by atoms with E-state index in [0.717, 1.165) is 22.3 Å². The fourth-order valence-electron chi connectivity index (χ4n) is 5.29. The first-order valence-corrected chi connectivity index (χ1v) is 13.1. The first-order chi connectivity index (χ1) is 19.8. The van der Waals surface area contributed by atoms with Gasteiger partial charge in [0.25, 0.3) is 0 Å². The largest absolute Gasteiger partial charge is 0.493 e. The second-order valence-electron chi connectivity index (χ2n) is 9.48. The van der Waals surface area contributed by atoms with E-state index < -0.39 is 0 Å². The molecule has 0 unspecified atom stereocenters. The number of rotatable bonds is 10. The van der Waals surface area contributed by atoms with Gasteiger partial charge in [-0.2, -0.15) is 0 Å². The number of aryl methyl sites for hydroxylation is 1. The average Bonchev–Trinajstić information content (AvgIpc) is 3.22. The maximum atomic E-state index is 13.6. The number of hydrogen-bond acceptors (Lipinski definition) is 9. The number of benzene rings is 2. The molecule has 2 N–H and O–H groups in total. The van der Waals surface area contributed by atoms with Crippen molar-refractivity contribution in [3.05, 3.63) is 63.3 Å². The van der Waals surface area contributed by atoms with Crippen molar-refractivity contribution in [1.82, 2.24) is 5.32 Å². The number of carbonyl (C=O) groups is 1. The smallest absolute Gasteiger partial charge is 0.217 e. The lowest BCUT2D eigenvalue weighted by Crippen LogP contribution is -2.26. The fourth-order valence-corrected chi connectivity index (χ4v) is 5.29. The van der Waals surface area contributed by atoms with E-state index in [1.165, 1.54) is 6.92 Å². The molecule has 1 amide bonds. The van der Waals surface area contributed by atoms with Crippen molar-refractivity contribution in [2.75, 3.05) is 48.0 Å². The van der Waals surface area contributed by atoms with E-state index in [2.05, 4.69) is 10.6 Å². The van der Waals surface area contributed by atoms with Gasteiger partial charge in [-0.15, -0.1) is 0 Å². The Morgan fingerprint density at radius 1 is 0.805 bits per heavy atom. The van der Waals surface area contributed by atoms with Crippen LogP contribution in [-0.4, -0.2) is 48.6 Å². The summed E-state index contributed by atoms with van der Waals surface area (Å²) >= 11 is 0. The number of amides is 1. The van der Waals surface area contributed by atoms with Crippen molar-refractivity contribution >= 4 is 11.6 Å². The zero-order chi connectivity index (χ0) is 29.7. The summed E-state index contributed by atoms with van der Waals surface area (Å²) in [6, 6.07) is 10.4. The Labute approximate surface area is 239 Å². The lowest BCUT2D eigenvalue weighted by atomic mass is 9.95. The average molecular weight is 565 g/mol. The molecular weight excluding hydrogens is 528 g/mol. The standard InChI is InChI=1S/C31H36N2O8/c1-17(34)33-22-10-8-19-14-27(38-4)30(40-6)31(41-7)28(19)20-9-11-23(24(35)15-21(20)22)32-16-18-12-25(36-2)29(39-5)26(13-18)37-3/h9,11-15,22H,8,10,16H2,1-7H3,(H,32,35)(H,33,34)/t22-/m0/s1. The molecule has 0 spiro atoms. The molecule has 0 fully saturated rings. The molecule has 4 rings (SSSR count). The van der Waals surface area contributed by atoms with Gasteiger partial charge in [0, 0.05) is 19.0 Å². The molecule has 0 radical (unpaired) electrons. The summed E-state index contributed by atoms with van der Waals surface area (Å²) in [6.07, 6.45) is 1.20. The predicted molar refractivity (Wildman–Crippen MR) is 156 cm³/mol. The number of carbonyl (C=O) groups excluding carboxylic acids is 1. The van der Waals surface area contributed by atoms with E-state index in [1.807, 2.05) is 24.3 Å². The highest BCUT2D eigenvalue weighted by molar-refractivity contribution is 5.83. The van der Waals surface area contributed by atoms with Gasteiger partial charge in [-0.25, -0.2) is 0 Å². The zero-order valence-electron chi connectivity index (χ0n) is 24.4. The molecule has 10 nitrogen and oxygen atoms in total. The summed E-state index contributed by atoms with van der Waals surface area (Å²) in [5.41, 5.74) is 4.18. The molecule has 0 aliphatic heterocycles. The molecule has 1 aliphatic rings. The number of fused-ring (bicyclic) bond motifs is 3. The molecular formula is C31H36N2O8. The molecule has 0 heterocycles. The molecule has 41 heavy (non-hydrogen) atoms. The van der Waals surface area contributed by atoms with Gasteiger partial charge in [0.05, 0.1) is 54.4 Å². The van der Waals surface area contributed by atoms with Crippen molar-refractivity contribution in [2.24, 2.45) is 0 Å². The third kappa shape index (κ3) is 5.82. The molecule has 10 heteroatoms. The van der Waals surface area contributed by atoms with Crippen molar-refractivity contribution in [3.8, 4) is 45.6 Å². The van der Waals surface area contributed by atoms with Crippen LogP contribution in [0.5, 0.6) is 34.5 Å². The molecule has 0 saturated carbocycles. The van der Waals surface area contributed by atoms with Gasteiger partial charge in [0.1, 0.15) is 0 Å². The lowest BCUT2D eigenvalue weighted by molar-refractivity contribution is -0.119. The van der Waals surface area contributed by atoms with Crippen LogP contribution in [0.15, 0.2) is 41.2 Å². The van der Waals surface area contributed by atoms with Crippen LogP contribution in [0.3, 0.4) is 0 Å². The van der Waals surface area contributed by atoms with E-state index in [1.54, 1.807) is 54.8 Å². The highest BCUT2D eigenvalue weighted by atomic mass is 16.5. The van der Waals surface area contributed by atoms with Gasteiger partial charge < -0.3 is 39.1 Å². The summed E-state index contributed by atoms with van der Waals surface area (Å²) in [5, 5.41) is 6.27. The van der Waals surface area contributed by atoms with Gasteiger partial charge in [0.2, 0.25) is 22.8 Å². The van der Waals surface area contributed by atoms with Crippen LogP contribution in [0.4, 0.5) is 5.69 Å². The Kier molecular flexibility index (Phi) is 9.11. The molecule has 0 aromatic heterocycles. The van der Waals surface area contributed by atoms with E-state index in [0.29, 0.717) is 65.1 Å². The van der Waals surface area contributed by atoms with Crippen LogP contribution >= 0.6 is 0 Å². The van der Waals surface area contributed by atoms with Crippen LogP contribution in [0.2, 0.25) is 0 Å². The monoisotopic (exact) mass is 564 g/mol. The molecule has 1 atom stereocenters. The number of anilines is 1. The van der Waals surface area contributed by atoms with E-state index in [4.69, 9.17) is 28.4 Å². The second-order valence-corrected chi connectivity index (χ2v) is 9.48. The molecule has 218 valence electrons. The maximum absolute atomic E-state index is 13.6. The van der Waals surface area contributed by atoms with E-state index in [-0.39, 0.29) is 17.4 Å². The summed E-state index contributed by atoms with van der Waals surface area (Å²) in [6.45, 7) is 1.79. The normalized spacial score (nSPS) is 13.6. The van der Waals surface area contributed by atoms with Gasteiger partial charge in [-0.1, -0.05) is 6.07 Å². The maximum Gasteiger partial charge on any atom is 0.217 e. The zero-order valence-corrected chi connectivity index (χ0v) is 24.4. The fraction of sp³-hybridized carbons (Fsp3) is 0.355. The summed E-state index contributed by atoms with van der Waals surface area (Å²) < 4.78 is 33.4. The lowest BCUT2D eigenvalue weighted by Gasteiger charge is -2.19. The van der Waals surface area contributed by atoms with Crippen LogP contribution in [0.25, 0.3) is 11.1 Å². The quantitative estimate of drug-likeness (QED) is 0.367.